The van der Waals surface area contributed by atoms with Crippen molar-refractivity contribution in [3.63, 3.8) is 0 Å². The Kier molecular flexibility index (Phi) is 10.1. The van der Waals surface area contributed by atoms with Gasteiger partial charge in [-0.2, -0.15) is 0 Å². The lowest BCUT2D eigenvalue weighted by molar-refractivity contribution is -0.157. The standard InChI is InChI=1S/C34H44N6O7/c1-20(2)28-29(41)35-21(3)30(42)40-16-6-7-26(38-40)31(43)47-22(4)25-11-10-24-9-8-23(19-27(24)36-25)12-13-34(32(44)37-28)14-17-39(18-15-34)33(45)46-5/h8-13,19-22,26,28,38H,6-7,14-18H2,1-5H3,(H,35,41)(H,37,44)/t21-,22+,26-,28-/m0/s1. The van der Waals surface area contributed by atoms with Gasteiger partial charge >= 0.3 is 12.1 Å². The molecule has 4 amide bonds. The molecule has 2 aromatic rings. The number of aromatic nitrogens is 1. The van der Waals surface area contributed by atoms with Crippen LogP contribution in [0.25, 0.3) is 17.0 Å². The Morgan fingerprint density at radius 3 is 2.47 bits per heavy atom. The van der Waals surface area contributed by atoms with Crippen molar-refractivity contribution >= 4 is 46.8 Å². The van der Waals surface area contributed by atoms with Crippen LogP contribution in [0.3, 0.4) is 0 Å². The van der Waals surface area contributed by atoms with Crippen molar-refractivity contribution in [1.29, 1.82) is 0 Å². The molecule has 5 bridgehead atoms. The summed E-state index contributed by atoms with van der Waals surface area (Å²) in [6, 6.07) is 6.89. The molecule has 3 N–H and O–H groups in total. The van der Waals surface area contributed by atoms with Gasteiger partial charge in [0.2, 0.25) is 11.8 Å². The molecule has 0 aliphatic carbocycles. The van der Waals surface area contributed by atoms with Gasteiger partial charge < -0.3 is 25.0 Å². The minimum atomic E-state index is -1.03. The number of rotatable bonds is 1. The number of hydrogen-bond donors (Lipinski definition) is 3. The zero-order chi connectivity index (χ0) is 33.9. The van der Waals surface area contributed by atoms with Crippen LogP contribution in [0, 0.1) is 11.3 Å². The first-order valence-electron chi connectivity index (χ1n) is 16.2. The van der Waals surface area contributed by atoms with Gasteiger partial charge in [-0.25, -0.2) is 15.2 Å². The molecule has 0 saturated carbocycles. The number of fused-ring (bicyclic) bond motifs is 4. The summed E-state index contributed by atoms with van der Waals surface area (Å²) in [5.41, 5.74) is 4.02. The zero-order valence-electron chi connectivity index (χ0n) is 27.6. The number of hydrogen-bond acceptors (Lipinski definition) is 9. The molecule has 3 aliphatic heterocycles. The van der Waals surface area contributed by atoms with Crippen molar-refractivity contribution in [2.24, 2.45) is 11.3 Å². The van der Waals surface area contributed by atoms with Gasteiger partial charge in [-0.15, -0.1) is 0 Å². The monoisotopic (exact) mass is 648 g/mol. The second kappa shape index (κ2) is 14.1. The Balaban J connectivity index is 1.53. The summed E-state index contributed by atoms with van der Waals surface area (Å²) in [4.78, 5) is 72.9. The number of pyridine rings is 1. The molecule has 2 saturated heterocycles. The Hall–Kier alpha value is -4.52. The van der Waals surface area contributed by atoms with Crippen molar-refractivity contribution in [2.45, 2.75) is 77.6 Å². The quantitative estimate of drug-likeness (QED) is 0.395. The Bertz CT molecular complexity index is 1570. The van der Waals surface area contributed by atoms with Crippen LogP contribution in [0.15, 0.2) is 36.4 Å². The van der Waals surface area contributed by atoms with E-state index in [1.807, 2.05) is 56.3 Å². The second-order valence-electron chi connectivity index (χ2n) is 13.0. The summed E-state index contributed by atoms with van der Waals surface area (Å²) < 4.78 is 10.7. The summed E-state index contributed by atoms with van der Waals surface area (Å²) in [6.07, 6.45) is 4.27. The molecule has 0 unspecified atom stereocenters. The van der Waals surface area contributed by atoms with Crippen LogP contribution in [0.1, 0.15) is 70.7 Å². The fourth-order valence-electron chi connectivity index (χ4n) is 6.27. The van der Waals surface area contributed by atoms with Gasteiger partial charge in [0.15, 0.2) is 0 Å². The summed E-state index contributed by atoms with van der Waals surface area (Å²) >= 11 is 0. The van der Waals surface area contributed by atoms with Crippen LogP contribution >= 0.6 is 0 Å². The molecule has 1 aromatic carbocycles. The molecule has 1 spiro atoms. The molecule has 4 heterocycles. The van der Waals surface area contributed by atoms with Crippen LogP contribution < -0.4 is 16.1 Å². The number of cyclic esters (lactones) is 1. The number of carbonyl (C=O) groups is 5. The number of likely N-dealkylation sites (tertiary alicyclic amines) is 1. The SMILES string of the molecule is COC(=O)N1CCC2(C=Cc3ccc4ccc(nc4c3)[C@@H](C)OC(=O)[C@@H]3CCCN(N3)C(=O)[C@H](C)NC(=O)[C@H](C(C)C)NC2=O)CC1. The molecule has 2 fully saturated rings. The molecule has 13 nitrogen and oxygen atoms in total. The van der Waals surface area contributed by atoms with E-state index in [2.05, 4.69) is 16.1 Å². The maximum Gasteiger partial charge on any atom is 0.409 e. The van der Waals surface area contributed by atoms with Gasteiger partial charge in [0, 0.05) is 25.0 Å². The Labute approximate surface area is 274 Å². The summed E-state index contributed by atoms with van der Waals surface area (Å²) in [5, 5.41) is 7.97. The molecule has 47 heavy (non-hydrogen) atoms. The minimum Gasteiger partial charge on any atom is -0.455 e. The molecule has 13 heteroatoms. The first-order valence-corrected chi connectivity index (χ1v) is 16.2. The number of amides is 4. The predicted molar refractivity (Wildman–Crippen MR) is 173 cm³/mol. The number of esters is 1. The van der Waals surface area contributed by atoms with Crippen molar-refractivity contribution in [3.8, 4) is 0 Å². The van der Waals surface area contributed by atoms with Gasteiger partial charge in [0.05, 0.1) is 23.7 Å². The number of carbonyl (C=O) groups excluding carboxylic acids is 5. The summed E-state index contributed by atoms with van der Waals surface area (Å²) in [6.45, 7) is 7.90. The number of benzene rings is 1. The third-order valence-corrected chi connectivity index (χ3v) is 9.28. The number of nitrogens with one attached hydrogen (secondary N) is 3. The minimum absolute atomic E-state index is 0.289. The highest BCUT2D eigenvalue weighted by Gasteiger charge is 2.43. The third-order valence-electron chi connectivity index (χ3n) is 9.28. The van der Waals surface area contributed by atoms with Crippen molar-refractivity contribution in [2.75, 3.05) is 26.7 Å². The van der Waals surface area contributed by atoms with E-state index in [1.54, 1.807) is 18.7 Å². The lowest BCUT2D eigenvalue weighted by Crippen LogP contribution is -2.61. The predicted octanol–water partition coefficient (Wildman–Crippen LogP) is 2.86. The van der Waals surface area contributed by atoms with E-state index in [4.69, 9.17) is 14.5 Å². The van der Waals surface area contributed by atoms with Crippen molar-refractivity contribution in [1.82, 2.24) is 31.0 Å². The molecule has 1 aromatic heterocycles. The van der Waals surface area contributed by atoms with Crippen molar-refractivity contribution in [3.05, 3.63) is 47.7 Å². The maximum absolute atomic E-state index is 14.2. The lowest BCUT2D eigenvalue weighted by Gasteiger charge is -2.39. The van der Waals surface area contributed by atoms with E-state index in [0.717, 1.165) is 10.9 Å². The van der Waals surface area contributed by atoms with E-state index in [-0.39, 0.29) is 24.9 Å². The van der Waals surface area contributed by atoms with Gasteiger partial charge in [-0.1, -0.05) is 44.2 Å². The van der Waals surface area contributed by atoms with Crippen LogP contribution in [0.4, 0.5) is 4.79 Å². The van der Waals surface area contributed by atoms with E-state index < -0.39 is 53.5 Å². The second-order valence-corrected chi connectivity index (χ2v) is 13.0. The lowest BCUT2D eigenvalue weighted by atomic mass is 9.76. The molecule has 4 atom stereocenters. The maximum atomic E-state index is 14.2. The summed E-state index contributed by atoms with van der Waals surface area (Å²) in [7, 11) is 1.32. The third kappa shape index (κ3) is 7.40. The largest absolute Gasteiger partial charge is 0.455 e. The van der Waals surface area contributed by atoms with E-state index >= 15 is 0 Å². The average Bonchev–Trinajstić information content (AvgIpc) is 3.08. The molecule has 5 rings (SSSR count). The van der Waals surface area contributed by atoms with Gasteiger partial charge in [0.25, 0.3) is 5.91 Å². The summed E-state index contributed by atoms with van der Waals surface area (Å²) in [5.74, 6) is -2.05. The van der Waals surface area contributed by atoms with Crippen LogP contribution in [-0.4, -0.2) is 89.5 Å². The van der Waals surface area contributed by atoms with Gasteiger partial charge in [-0.05, 0) is 63.1 Å². The Morgan fingerprint density at radius 1 is 1.04 bits per heavy atom. The first kappa shape index (κ1) is 33.8. The number of methoxy groups -OCH3 is 1. The molecular weight excluding hydrogens is 604 g/mol. The molecule has 3 aliphatic rings. The fraction of sp³-hybridized carbons (Fsp3) is 0.529. The van der Waals surface area contributed by atoms with Crippen LogP contribution in [-0.2, 0) is 28.7 Å². The van der Waals surface area contributed by atoms with E-state index in [1.165, 1.54) is 12.1 Å². The normalized spacial score (nSPS) is 25.8. The van der Waals surface area contributed by atoms with Gasteiger partial charge in [-0.3, -0.25) is 24.2 Å². The first-order chi connectivity index (χ1) is 22.4. The van der Waals surface area contributed by atoms with Gasteiger partial charge in [0.1, 0.15) is 24.2 Å². The van der Waals surface area contributed by atoms with E-state index in [9.17, 15) is 24.0 Å². The molecule has 0 radical (unpaired) electrons. The Morgan fingerprint density at radius 2 is 1.77 bits per heavy atom. The highest BCUT2D eigenvalue weighted by Crippen LogP contribution is 2.35. The van der Waals surface area contributed by atoms with Crippen LogP contribution in [0.5, 0.6) is 0 Å². The smallest absolute Gasteiger partial charge is 0.409 e. The van der Waals surface area contributed by atoms with E-state index in [0.29, 0.717) is 43.4 Å². The average molecular weight is 649 g/mol. The van der Waals surface area contributed by atoms with Crippen LogP contribution in [0.2, 0.25) is 0 Å². The highest BCUT2D eigenvalue weighted by atomic mass is 16.5. The molecular formula is C34H44N6O7. The zero-order valence-corrected chi connectivity index (χ0v) is 27.6. The van der Waals surface area contributed by atoms with Crippen molar-refractivity contribution < 1.29 is 33.4 Å². The number of nitrogens with zero attached hydrogens (tertiary/aromatic N) is 3. The number of piperidine rings is 1. The number of hydrazine groups is 1. The topological polar surface area (TPSA) is 159 Å². The molecule has 252 valence electrons. The highest BCUT2D eigenvalue weighted by molar-refractivity contribution is 5.94. The number of ether oxygens (including phenoxy) is 2. The fourth-order valence-corrected chi connectivity index (χ4v) is 6.27.